The van der Waals surface area contributed by atoms with Crippen LogP contribution in [0.2, 0.25) is 0 Å². The van der Waals surface area contributed by atoms with Crippen LogP contribution in [0.4, 0.5) is 9.52 Å². The number of nitrogens with zero attached hydrogens (tertiary/aromatic N) is 2. The molecule has 194 valence electrons. The van der Waals surface area contributed by atoms with Gasteiger partial charge in [-0.1, -0.05) is 56.4 Å². The minimum Gasteiger partial charge on any atom is -0.507 e. The van der Waals surface area contributed by atoms with Crippen LogP contribution in [0.3, 0.4) is 0 Å². The van der Waals surface area contributed by atoms with Gasteiger partial charge in [0.25, 0.3) is 5.78 Å². The first-order valence-corrected chi connectivity index (χ1v) is 13.1. The molecule has 5 rings (SSSR count). The highest BCUT2D eigenvalue weighted by molar-refractivity contribution is 7.22. The molecule has 1 aromatic heterocycles. The minimum absolute atomic E-state index is 0.0700. The van der Waals surface area contributed by atoms with Crippen molar-refractivity contribution in [3.8, 4) is 5.75 Å². The number of Topliss-reactive ketones (excluding diaryl/α,β-unsaturated/α-hetero) is 1. The highest BCUT2D eigenvalue weighted by atomic mass is 32.1. The SMILES string of the molecule is CCOc1ccc2nc(N3C(=O)C(=O)/C(=C(/O)c4ccc(F)cc4)C3c3ccc(C(C)(C)C)cc3)sc2c1. The van der Waals surface area contributed by atoms with Crippen LogP contribution in [0.25, 0.3) is 16.0 Å². The Morgan fingerprint density at radius 2 is 1.74 bits per heavy atom. The topological polar surface area (TPSA) is 79.7 Å². The summed E-state index contributed by atoms with van der Waals surface area (Å²) in [5, 5.41) is 11.6. The molecule has 0 saturated carbocycles. The maximum absolute atomic E-state index is 13.6. The highest BCUT2D eigenvalue weighted by Crippen LogP contribution is 2.45. The number of ketones is 1. The molecule has 8 heteroatoms. The van der Waals surface area contributed by atoms with Crippen LogP contribution in [-0.2, 0) is 15.0 Å². The second-order valence-electron chi connectivity index (χ2n) is 10.1. The average molecular weight is 531 g/mol. The highest BCUT2D eigenvalue weighted by Gasteiger charge is 2.48. The van der Waals surface area contributed by atoms with E-state index >= 15 is 0 Å². The molecule has 2 heterocycles. The fourth-order valence-electron chi connectivity index (χ4n) is 4.53. The summed E-state index contributed by atoms with van der Waals surface area (Å²) in [5.41, 5.74) is 2.47. The first-order chi connectivity index (χ1) is 18.1. The fourth-order valence-corrected chi connectivity index (χ4v) is 5.55. The van der Waals surface area contributed by atoms with Crippen molar-refractivity contribution in [1.29, 1.82) is 0 Å². The van der Waals surface area contributed by atoms with Gasteiger partial charge in [0, 0.05) is 5.56 Å². The normalized spacial score (nSPS) is 17.4. The smallest absolute Gasteiger partial charge is 0.301 e. The van der Waals surface area contributed by atoms with Gasteiger partial charge in [0.05, 0.1) is 28.4 Å². The van der Waals surface area contributed by atoms with E-state index in [1.54, 1.807) is 6.07 Å². The maximum Gasteiger partial charge on any atom is 0.301 e. The average Bonchev–Trinajstić information content (AvgIpc) is 3.41. The lowest BCUT2D eigenvalue weighted by Crippen LogP contribution is -2.29. The van der Waals surface area contributed by atoms with Crippen LogP contribution < -0.4 is 9.64 Å². The van der Waals surface area contributed by atoms with Crippen molar-refractivity contribution in [1.82, 2.24) is 4.98 Å². The zero-order valence-electron chi connectivity index (χ0n) is 21.5. The monoisotopic (exact) mass is 530 g/mol. The molecule has 1 aliphatic rings. The molecule has 0 spiro atoms. The Morgan fingerprint density at radius 3 is 2.37 bits per heavy atom. The molecule has 1 amide bonds. The molecule has 1 N–H and O–H groups in total. The lowest BCUT2D eigenvalue weighted by molar-refractivity contribution is -0.132. The van der Waals surface area contributed by atoms with E-state index in [9.17, 15) is 19.1 Å². The lowest BCUT2D eigenvalue weighted by atomic mass is 9.85. The summed E-state index contributed by atoms with van der Waals surface area (Å²) in [6, 6.07) is 17.3. The third-order valence-electron chi connectivity index (χ3n) is 6.52. The number of hydrogen-bond donors (Lipinski definition) is 1. The molecule has 1 unspecified atom stereocenters. The number of halogens is 1. The van der Waals surface area contributed by atoms with Crippen molar-refractivity contribution in [3.63, 3.8) is 0 Å². The van der Waals surface area contributed by atoms with Crippen LogP contribution in [0.15, 0.2) is 72.3 Å². The Balaban J connectivity index is 1.69. The Morgan fingerprint density at radius 1 is 1.05 bits per heavy atom. The van der Waals surface area contributed by atoms with Gasteiger partial charge in [0.15, 0.2) is 5.13 Å². The number of thiazole rings is 1. The summed E-state index contributed by atoms with van der Waals surface area (Å²) in [6.07, 6.45) is 0. The molecule has 1 atom stereocenters. The number of aliphatic hydroxyl groups excluding tert-OH is 1. The first-order valence-electron chi connectivity index (χ1n) is 12.3. The van der Waals surface area contributed by atoms with Crippen molar-refractivity contribution in [2.45, 2.75) is 39.2 Å². The van der Waals surface area contributed by atoms with Gasteiger partial charge in [-0.15, -0.1) is 0 Å². The molecule has 0 bridgehead atoms. The Labute approximate surface area is 224 Å². The van der Waals surface area contributed by atoms with E-state index in [1.807, 2.05) is 43.3 Å². The van der Waals surface area contributed by atoms with E-state index in [1.165, 1.54) is 40.5 Å². The zero-order chi connectivity index (χ0) is 27.2. The Hall–Kier alpha value is -4.04. The molecule has 3 aromatic carbocycles. The van der Waals surface area contributed by atoms with Gasteiger partial charge in [0.2, 0.25) is 0 Å². The van der Waals surface area contributed by atoms with E-state index in [0.717, 1.165) is 10.3 Å². The number of anilines is 1. The predicted molar refractivity (Wildman–Crippen MR) is 147 cm³/mol. The van der Waals surface area contributed by atoms with E-state index in [-0.39, 0.29) is 22.3 Å². The van der Waals surface area contributed by atoms with Crippen molar-refractivity contribution in [2.75, 3.05) is 11.5 Å². The summed E-state index contributed by atoms with van der Waals surface area (Å²) < 4.78 is 20.0. The zero-order valence-corrected chi connectivity index (χ0v) is 22.3. The van der Waals surface area contributed by atoms with E-state index < -0.39 is 23.5 Å². The molecule has 1 saturated heterocycles. The molecular formula is C30H27FN2O4S. The van der Waals surface area contributed by atoms with Gasteiger partial charge in [-0.05, 0) is 65.9 Å². The van der Waals surface area contributed by atoms with Gasteiger partial charge >= 0.3 is 5.91 Å². The minimum atomic E-state index is -0.916. The van der Waals surface area contributed by atoms with Gasteiger partial charge < -0.3 is 9.84 Å². The quantitative estimate of drug-likeness (QED) is 0.175. The van der Waals surface area contributed by atoms with Gasteiger partial charge in [-0.3, -0.25) is 14.5 Å². The van der Waals surface area contributed by atoms with Crippen molar-refractivity contribution < 1.29 is 23.8 Å². The Bertz CT molecular complexity index is 1570. The molecule has 1 aliphatic heterocycles. The molecule has 38 heavy (non-hydrogen) atoms. The van der Waals surface area contributed by atoms with Gasteiger partial charge in [0.1, 0.15) is 17.3 Å². The lowest BCUT2D eigenvalue weighted by Gasteiger charge is -2.24. The molecule has 0 radical (unpaired) electrons. The molecular weight excluding hydrogens is 503 g/mol. The van der Waals surface area contributed by atoms with Crippen LogP contribution in [0.1, 0.15) is 50.4 Å². The number of aromatic nitrogens is 1. The number of carbonyl (C=O) groups excluding carboxylic acids is 2. The Kier molecular flexibility index (Phi) is 6.53. The summed E-state index contributed by atoms with van der Waals surface area (Å²) in [5.74, 6) is -1.77. The summed E-state index contributed by atoms with van der Waals surface area (Å²) >= 11 is 1.27. The maximum atomic E-state index is 13.6. The second-order valence-corrected chi connectivity index (χ2v) is 11.1. The van der Waals surface area contributed by atoms with E-state index in [0.29, 0.717) is 28.6 Å². The predicted octanol–water partition coefficient (Wildman–Crippen LogP) is 6.76. The molecule has 0 aliphatic carbocycles. The summed E-state index contributed by atoms with van der Waals surface area (Å²) in [6.45, 7) is 8.70. The molecule has 6 nitrogen and oxygen atoms in total. The largest absolute Gasteiger partial charge is 0.507 e. The number of hydrogen-bond acceptors (Lipinski definition) is 6. The third-order valence-corrected chi connectivity index (χ3v) is 7.54. The molecule has 1 fully saturated rings. The summed E-state index contributed by atoms with van der Waals surface area (Å²) in [4.78, 5) is 32.9. The van der Waals surface area contributed by atoms with Crippen LogP contribution in [-0.4, -0.2) is 28.4 Å². The number of benzene rings is 3. The van der Waals surface area contributed by atoms with Crippen LogP contribution in [0.5, 0.6) is 5.75 Å². The van der Waals surface area contributed by atoms with Gasteiger partial charge in [-0.25, -0.2) is 9.37 Å². The van der Waals surface area contributed by atoms with E-state index in [2.05, 4.69) is 25.8 Å². The van der Waals surface area contributed by atoms with Crippen molar-refractivity contribution in [2.24, 2.45) is 0 Å². The number of fused-ring (bicyclic) bond motifs is 1. The standard InChI is InChI=1S/C30H27FN2O4S/c1-5-37-21-14-15-22-23(16-21)38-29(32-22)33-25(17-6-10-19(11-7-17)30(2,3)4)24(27(35)28(33)36)26(34)18-8-12-20(31)13-9-18/h6-16,25,34H,5H2,1-4H3/b26-24+. The van der Waals surface area contributed by atoms with Crippen molar-refractivity contribution >= 4 is 44.1 Å². The number of carbonyl (C=O) groups is 2. The van der Waals surface area contributed by atoms with Crippen LogP contribution >= 0.6 is 11.3 Å². The number of rotatable bonds is 5. The van der Waals surface area contributed by atoms with E-state index in [4.69, 9.17) is 4.74 Å². The van der Waals surface area contributed by atoms with Crippen molar-refractivity contribution in [3.05, 3.63) is 94.8 Å². The first kappa shape index (κ1) is 25.6. The van der Waals surface area contributed by atoms with Gasteiger partial charge in [-0.2, -0.15) is 0 Å². The summed E-state index contributed by atoms with van der Waals surface area (Å²) in [7, 11) is 0. The second kappa shape index (κ2) is 9.68. The number of aliphatic hydroxyl groups is 1. The fraction of sp³-hybridized carbons (Fsp3) is 0.233. The third kappa shape index (κ3) is 4.56. The molecule has 4 aromatic rings. The van der Waals surface area contributed by atoms with Crippen LogP contribution in [0, 0.1) is 5.82 Å². The number of ether oxygens (including phenoxy) is 1. The number of amides is 1.